The maximum absolute atomic E-state index is 11.9. The third-order valence-electron chi connectivity index (χ3n) is 4.08. The van der Waals surface area contributed by atoms with Crippen LogP contribution in [0, 0.1) is 0 Å². The maximum atomic E-state index is 11.9. The summed E-state index contributed by atoms with van der Waals surface area (Å²) in [4.78, 5) is 24.9. The second kappa shape index (κ2) is 13.0. The molecule has 7 heteroatoms. The summed E-state index contributed by atoms with van der Waals surface area (Å²) in [6.07, 6.45) is 9.43. The number of carbonyl (C=O) groups excluding carboxylic acids is 1. The average Bonchev–Trinajstić information content (AvgIpc) is 2.79. The van der Waals surface area contributed by atoms with Gasteiger partial charge in [-0.25, -0.2) is 4.98 Å². The molecule has 31 heavy (non-hydrogen) atoms. The summed E-state index contributed by atoms with van der Waals surface area (Å²) in [7, 11) is 1.58. The minimum absolute atomic E-state index is 0.0325. The fraction of sp³-hybridized carbons (Fsp3) is 0.333. The van der Waals surface area contributed by atoms with Gasteiger partial charge in [-0.3, -0.25) is 14.8 Å². The fourth-order valence-electron chi connectivity index (χ4n) is 2.68. The smallest absolute Gasteiger partial charge is 0.224 e. The highest BCUT2D eigenvalue weighted by molar-refractivity contribution is 5.92. The molecule has 0 saturated heterocycles. The highest BCUT2D eigenvalue weighted by atomic mass is 16.5. The van der Waals surface area contributed by atoms with E-state index in [1.54, 1.807) is 31.9 Å². The molecule has 1 aromatic carbocycles. The molecule has 2 heterocycles. The van der Waals surface area contributed by atoms with Gasteiger partial charge in [-0.2, -0.15) is 0 Å². The lowest BCUT2D eigenvalue weighted by molar-refractivity contribution is -0.116. The van der Waals surface area contributed by atoms with Gasteiger partial charge in [0.1, 0.15) is 11.6 Å². The van der Waals surface area contributed by atoms with Crippen molar-refractivity contribution in [3.63, 3.8) is 0 Å². The molecule has 0 aliphatic rings. The van der Waals surface area contributed by atoms with Crippen molar-refractivity contribution in [2.75, 3.05) is 17.7 Å². The average molecular weight is 422 g/mol. The number of nitrogens with one attached hydrogen (secondary N) is 2. The van der Waals surface area contributed by atoms with Crippen LogP contribution >= 0.6 is 0 Å². The van der Waals surface area contributed by atoms with Crippen molar-refractivity contribution >= 4 is 17.4 Å². The van der Waals surface area contributed by atoms with Crippen LogP contribution in [-0.4, -0.2) is 28.0 Å². The highest BCUT2D eigenvalue weighted by Crippen LogP contribution is 2.30. The van der Waals surface area contributed by atoms with E-state index < -0.39 is 0 Å². The SMILES string of the molecule is CCC.CCCC(=O)Nc1ccc(-c2cncc(NCc3cccnc3)n2)cc1OC. The van der Waals surface area contributed by atoms with Crippen molar-refractivity contribution in [1.82, 2.24) is 15.0 Å². The van der Waals surface area contributed by atoms with Gasteiger partial charge >= 0.3 is 0 Å². The van der Waals surface area contributed by atoms with Gasteiger partial charge in [-0.1, -0.05) is 39.3 Å². The van der Waals surface area contributed by atoms with Gasteiger partial charge in [-0.15, -0.1) is 0 Å². The number of anilines is 2. The third-order valence-corrected chi connectivity index (χ3v) is 4.08. The Balaban J connectivity index is 0.00000107. The molecule has 0 unspecified atom stereocenters. The molecule has 1 amide bonds. The molecule has 2 N–H and O–H groups in total. The van der Waals surface area contributed by atoms with E-state index in [4.69, 9.17) is 4.74 Å². The van der Waals surface area contributed by atoms with Crippen molar-refractivity contribution in [2.24, 2.45) is 0 Å². The minimum Gasteiger partial charge on any atom is -0.495 e. The zero-order valence-electron chi connectivity index (χ0n) is 18.7. The minimum atomic E-state index is -0.0325. The fourth-order valence-corrected chi connectivity index (χ4v) is 2.68. The predicted octanol–water partition coefficient (Wildman–Crippen LogP) is 5.31. The van der Waals surface area contributed by atoms with Crippen molar-refractivity contribution in [1.29, 1.82) is 0 Å². The number of pyridine rings is 1. The number of rotatable bonds is 8. The van der Waals surface area contributed by atoms with Gasteiger partial charge in [0.15, 0.2) is 0 Å². The normalized spacial score (nSPS) is 9.94. The first-order chi connectivity index (χ1) is 15.1. The lowest BCUT2D eigenvalue weighted by Gasteiger charge is -2.12. The molecule has 0 fully saturated rings. The molecule has 3 aromatic rings. The Morgan fingerprint density at radius 3 is 2.55 bits per heavy atom. The Bertz CT molecular complexity index is 948. The zero-order valence-corrected chi connectivity index (χ0v) is 18.7. The summed E-state index contributed by atoms with van der Waals surface area (Å²) >= 11 is 0. The van der Waals surface area contributed by atoms with Crippen molar-refractivity contribution in [3.8, 4) is 17.0 Å². The Morgan fingerprint density at radius 1 is 1.06 bits per heavy atom. The van der Waals surface area contributed by atoms with Crippen LogP contribution in [-0.2, 0) is 11.3 Å². The molecule has 0 saturated carbocycles. The zero-order chi connectivity index (χ0) is 22.5. The van der Waals surface area contributed by atoms with Crippen molar-refractivity contribution < 1.29 is 9.53 Å². The van der Waals surface area contributed by atoms with E-state index in [2.05, 4.69) is 39.4 Å². The van der Waals surface area contributed by atoms with E-state index in [9.17, 15) is 4.79 Å². The van der Waals surface area contributed by atoms with E-state index >= 15 is 0 Å². The van der Waals surface area contributed by atoms with Gasteiger partial charge in [0.05, 0.1) is 30.9 Å². The standard InChI is InChI=1S/C21H23N5O2.C3H8/c1-3-5-21(27)26-17-8-7-16(10-19(17)28-2)18-13-23-14-20(25-18)24-12-15-6-4-9-22-11-15;1-3-2/h4,6-11,13-14H,3,5,12H2,1-2H3,(H,24,25)(H,26,27);3H2,1-2H3. The maximum Gasteiger partial charge on any atom is 0.224 e. The molecule has 3 rings (SSSR count). The van der Waals surface area contributed by atoms with E-state index in [0.717, 1.165) is 17.5 Å². The Hall–Kier alpha value is -3.48. The van der Waals surface area contributed by atoms with Gasteiger partial charge in [0.25, 0.3) is 0 Å². The highest BCUT2D eigenvalue weighted by Gasteiger charge is 2.10. The first-order valence-electron chi connectivity index (χ1n) is 10.5. The summed E-state index contributed by atoms with van der Waals surface area (Å²) in [6.45, 7) is 6.83. The van der Waals surface area contributed by atoms with Crippen LogP contribution in [0.4, 0.5) is 11.5 Å². The quantitative estimate of drug-likeness (QED) is 0.512. The third kappa shape index (κ3) is 7.70. The monoisotopic (exact) mass is 421 g/mol. The Kier molecular flexibility index (Phi) is 9.94. The van der Waals surface area contributed by atoms with Crippen LogP contribution in [0.3, 0.4) is 0 Å². The molecule has 2 aromatic heterocycles. The molecule has 0 radical (unpaired) electrons. The number of aromatic nitrogens is 3. The predicted molar refractivity (Wildman–Crippen MR) is 125 cm³/mol. The van der Waals surface area contributed by atoms with E-state index in [-0.39, 0.29) is 5.91 Å². The number of benzene rings is 1. The van der Waals surface area contributed by atoms with Crippen molar-refractivity contribution in [3.05, 3.63) is 60.7 Å². The summed E-state index contributed by atoms with van der Waals surface area (Å²) in [5.74, 6) is 1.22. The molecule has 164 valence electrons. The Morgan fingerprint density at radius 2 is 1.87 bits per heavy atom. The molecule has 0 atom stereocenters. The molecule has 7 nitrogen and oxygen atoms in total. The first-order valence-corrected chi connectivity index (χ1v) is 10.5. The summed E-state index contributed by atoms with van der Waals surface area (Å²) in [6, 6.07) is 9.44. The molecule has 0 aliphatic carbocycles. The number of hydrogen-bond acceptors (Lipinski definition) is 6. The summed E-state index contributed by atoms with van der Waals surface area (Å²) in [5.41, 5.74) is 3.26. The summed E-state index contributed by atoms with van der Waals surface area (Å²) in [5, 5.41) is 6.12. The topological polar surface area (TPSA) is 89.0 Å². The lowest BCUT2D eigenvalue weighted by Crippen LogP contribution is -2.11. The van der Waals surface area contributed by atoms with E-state index in [0.29, 0.717) is 35.9 Å². The van der Waals surface area contributed by atoms with Crippen LogP contribution in [0.1, 0.15) is 45.6 Å². The van der Waals surface area contributed by atoms with Crippen LogP contribution in [0.25, 0.3) is 11.3 Å². The molecule has 0 spiro atoms. The molecule has 0 bridgehead atoms. The van der Waals surface area contributed by atoms with Gasteiger partial charge in [-0.05, 0) is 30.2 Å². The van der Waals surface area contributed by atoms with Crippen LogP contribution in [0.15, 0.2) is 55.1 Å². The molecular formula is C24H31N5O2. The lowest BCUT2D eigenvalue weighted by atomic mass is 10.1. The Labute approximate surface area is 184 Å². The number of ether oxygens (including phenoxy) is 1. The van der Waals surface area contributed by atoms with Gasteiger partial charge in [0.2, 0.25) is 5.91 Å². The number of amides is 1. The molecular weight excluding hydrogens is 390 g/mol. The van der Waals surface area contributed by atoms with E-state index in [1.165, 1.54) is 6.42 Å². The number of carbonyl (C=O) groups is 1. The second-order valence-corrected chi connectivity index (χ2v) is 6.92. The number of nitrogens with zero attached hydrogens (tertiary/aromatic N) is 3. The largest absolute Gasteiger partial charge is 0.495 e. The van der Waals surface area contributed by atoms with Gasteiger partial charge < -0.3 is 15.4 Å². The van der Waals surface area contributed by atoms with Gasteiger partial charge in [0, 0.05) is 30.9 Å². The van der Waals surface area contributed by atoms with Crippen LogP contribution < -0.4 is 15.4 Å². The van der Waals surface area contributed by atoms with Crippen LogP contribution in [0.2, 0.25) is 0 Å². The summed E-state index contributed by atoms with van der Waals surface area (Å²) < 4.78 is 5.44. The van der Waals surface area contributed by atoms with Crippen LogP contribution in [0.5, 0.6) is 5.75 Å². The molecule has 0 aliphatic heterocycles. The van der Waals surface area contributed by atoms with E-state index in [1.807, 2.05) is 37.3 Å². The van der Waals surface area contributed by atoms with Crippen molar-refractivity contribution in [2.45, 2.75) is 46.6 Å². The second-order valence-electron chi connectivity index (χ2n) is 6.92. The number of methoxy groups -OCH3 is 1. The number of hydrogen-bond donors (Lipinski definition) is 2. The first kappa shape index (κ1) is 23.8.